The van der Waals surface area contributed by atoms with E-state index in [1.165, 1.54) is 4.57 Å². The number of nitrogens with two attached hydrogens (primary N) is 1. The molecule has 4 rings (SSSR count). The first-order valence-corrected chi connectivity index (χ1v) is 9.44. The maximum atomic E-state index is 12.5. The molecule has 2 heterocycles. The molecule has 0 unspecified atom stereocenters. The van der Waals surface area contributed by atoms with Gasteiger partial charge in [-0.05, 0) is 42.0 Å². The number of hydrogen-bond donors (Lipinski definition) is 4. The highest BCUT2D eigenvalue weighted by Crippen LogP contribution is 2.23. The molecule has 0 saturated heterocycles. The molecule has 0 saturated carbocycles. The summed E-state index contributed by atoms with van der Waals surface area (Å²) in [6.07, 6.45) is 2.77. The van der Waals surface area contributed by atoms with Crippen LogP contribution in [-0.4, -0.2) is 26.7 Å². The zero-order valence-electron chi connectivity index (χ0n) is 16.7. The molecule has 0 bridgehead atoms. The van der Waals surface area contributed by atoms with Gasteiger partial charge in [0, 0.05) is 48.9 Å². The number of fused-ring (bicyclic) bond motifs is 1. The van der Waals surface area contributed by atoms with E-state index in [1.807, 2.05) is 0 Å². The van der Waals surface area contributed by atoms with Gasteiger partial charge in [-0.3, -0.25) is 9.36 Å². The van der Waals surface area contributed by atoms with Gasteiger partial charge in [0.15, 0.2) is 0 Å². The summed E-state index contributed by atoms with van der Waals surface area (Å²) < 4.78 is 7.18. The quantitative estimate of drug-likeness (QED) is 0.283. The van der Waals surface area contributed by atoms with Crippen LogP contribution in [0, 0.1) is 5.41 Å². The molecular formula is C22H20N6O3. The van der Waals surface area contributed by atoms with Gasteiger partial charge in [0.25, 0.3) is 5.91 Å². The Labute approximate surface area is 177 Å². The minimum Gasteiger partial charge on any atom is -0.439 e. The molecule has 0 radical (unpaired) electrons. The third kappa shape index (κ3) is 4.15. The van der Waals surface area contributed by atoms with Gasteiger partial charge in [-0.2, -0.15) is 0 Å². The number of aromatic amines is 1. The van der Waals surface area contributed by atoms with Crippen molar-refractivity contribution in [1.82, 2.24) is 19.9 Å². The Morgan fingerprint density at radius 3 is 2.84 bits per heavy atom. The van der Waals surface area contributed by atoms with E-state index in [1.54, 1.807) is 61.8 Å². The van der Waals surface area contributed by atoms with Crippen molar-refractivity contribution in [1.29, 1.82) is 5.41 Å². The molecule has 0 aliphatic heterocycles. The molecule has 0 spiro atoms. The molecule has 0 aliphatic carbocycles. The molecule has 5 N–H and O–H groups in total. The number of H-pyrrole nitrogens is 1. The second kappa shape index (κ2) is 8.15. The first-order chi connectivity index (χ1) is 14.9. The number of nitrogen functional groups attached to an aromatic ring is 1. The minimum absolute atomic E-state index is 0.228. The Morgan fingerprint density at radius 2 is 2.10 bits per heavy atom. The van der Waals surface area contributed by atoms with Gasteiger partial charge in [-0.15, -0.1) is 0 Å². The largest absolute Gasteiger partial charge is 0.439 e. The van der Waals surface area contributed by atoms with E-state index >= 15 is 0 Å². The van der Waals surface area contributed by atoms with Crippen molar-refractivity contribution in [3.63, 3.8) is 0 Å². The third-order valence-corrected chi connectivity index (χ3v) is 4.85. The summed E-state index contributed by atoms with van der Waals surface area (Å²) in [6.45, 7) is 0.287. The molecule has 31 heavy (non-hydrogen) atoms. The maximum absolute atomic E-state index is 12.5. The predicted octanol–water partition coefficient (Wildman–Crippen LogP) is 2.56. The number of aryl methyl sites for hydroxylation is 1. The maximum Gasteiger partial charge on any atom is 0.326 e. The van der Waals surface area contributed by atoms with E-state index in [-0.39, 0.29) is 18.1 Å². The van der Waals surface area contributed by atoms with Crippen LogP contribution in [0.4, 0.5) is 5.69 Å². The van der Waals surface area contributed by atoms with Crippen molar-refractivity contribution in [2.75, 3.05) is 5.73 Å². The molecule has 4 aromatic rings. The van der Waals surface area contributed by atoms with Crippen molar-refractivity contribution in [2.24, 2.45) is 7.05 Å². The fourth-order valence-corrected chi connectivity index (χ4v) is 3.10. The van der Waals surface area contributed by atoms with Crippen molar-refractivity contribution in [3.8, 4) is 11.6 Å². The van der Waals surface area contributed by atoms with Crippen molar-refractivity contribution in [2.45, 2.75) is 6.54 Å². The molecule has 2 aromatic heterocycles. The Kier molecular flexibility index (Phi) is 5.23. The lowest BCUT2D eigenvalue weighted by Crippen LogP contribution is -2.22. The monoisotopic (exact) mass is 416 g/mol. The second-order valence-corrected chi connectivity index (χ2v) is 6.95. The van der Waals surface area contributed by atoms with Gasteiger partial charge >= 0.3 is 5.69 Å². The summed E-state index contributed by atoms with van der Waals surface area (Å²) in [4.78, 5) is 31.1. The van der Waals surface area contributed by atoms with Gasteiger partial charge < -0.3 is 26.2 Å². The highest BCUT2D eigenvalue weighted by atomic mass is 16.5. The van der Waals surface area contributed by atoms with Gasteiger partial charge in [-0.1, -0.05) is 6.07 Å². The normalized spacial score (nSPS) is 10.7. The number of benzene rings is 2. The SMILES string of the molecule is Cn1c(=O)[nH]c2cc(C(=O)NCc3ccc(Oc4ccc(N)c(C=N)c4)nc3)ccc21. The van der Waals surface area contributed by atoms with Crippen LogP contribution in [0.1, 0.15) is 21.5 Å². The summed E-state index contributed by atoms with van der Waals surface area (Å²) in [5, 5.41) is 10.2. The van der Waals surface area contributed by atoms with Crippen molar-refractivity contribution < 1.29 is 9.53 Å². The summed E-state index contributed by atoms with van der Waals surface area (Å²) in [7, 11) is 1.67. The Bertz CT molecular complexity index is 1340. The molecule has 1 amide bonds. The van der Waals surface area contributed by atoms with Gasteiger partial charge in [0.1, 0.15) is 5.75 Å². The molecule has 0 fully saturated rings. The minimum atomic E-state index is -0.257. The summed E-state index contributed by atoms with van der Waals surface area (Å²) in [6, 6.07) is 13.6. The number of rotatable bonds is 6. The van der Waals surface area contributed by atoms with E-state index < -0.39 is 0 Å². The smallest absolute Gasteiger partial charge is 0.326 e. The van der Waals surface area contributed by atoms with Gasteiger partial charge in [0.05, 0.1) is 11.0 Å². The molecule has 0 aliphatic rings. The highest BCUT2D eigenvalue weighted by Gasteiger charge is 2.10. The predicted molar refractivity (Wildman–Crippen MR) is 118 cm³/mol. The number of anilines is 1. The number of carbonyl (C=O) groups excluding carboxylic acids is 1. The topological polar surface area (TPSA) is 139 Å². The zero-order chi connectivity index (χ0) is 22.0. The van der Waals surface area contributed by atoms with E-state index in [0.29, 0.717) is 34.0 Å². The van der Waals surface area contributed by atoms with Crippen LogP contribution in [0.15, 0.2) is 59.5 Å². The Hall–Kier alpha value is -4.40. The first-order valence-electron chi connectivity index (χ1n) is 9.44. The van der Waals surface area contributed by atoms with E-state index in [4.69, 9.17) is 15.9 Å². The average molecular weight is 416 g/mol. The summed E-state index contributed by atoms with van der Waals surface area (Å²) in [5.41, 5.74) is 9.20. The van der Waals surface area contributed by atoms with Crippen LogP contribution in [0.25, 0.3) is 11.0 Å². The van der Waals surface area contributed by atoms with Crippen LogP contribution in [0.2, 0.25) is 0 Å². The van der Waals surface area contributed by atoms with E-state index in [2.05, 4.69) is 15.3 Å². The highest BCUT2D eigenvalue weighted by molar-refractivity contribution is 5.97. The second-order valence-electron chi connectivity index (χ2n) is 6.95. The number of nitrogens with one attached hydrogen (secondary N) is 3. The van der Waals surface area contributed by atoms with Gasteiger partial charge in [-0.25, -0.2) is 9.78 Å². The first kappa shape index (κ1) is 19.9. The van der Waals surface area contributed by atoms with Crippen LogP contribution in [0.5, 0.6) is 11.6 Å². The van der Waals surface area contributed by atoms with E-state index in [0.717, 1.165) is 17.3 Å². The molecule has 156 valence electrons. The number of carbonyl (C=O) groups is 1. The average Bonchev–Trinajstić information content (AvgIpc) is 3.07. The molecular weight excluding hydrogens is 396 g/mol. The van der Waals surface area contributed by atoms with Crippen LogP contribution < -0.4 is 21.5 Å². The zero-order valence-corrected chi connectivity index (χ0v) is 16.7. The number of aromatic nitrogens is 3. The Balaban J connectivity index is 1.39. The molecule has 9 heteroatoms. The van der Waals surface area contributed by atoms with Crippen LogP contribution in [0.3, 0.4) is 0 Å². The lowest BCUT2D eigenvalue weighted by Gasteiger charge is -2.09. The fourth-order valence-electron chi connectivity index (χ4n) is 3.10. The molecule has 9 nitrogen and oxygen atoms in total. The lowest BCUT2D eigenvalue weighted by molar-refractivity contribution is 0.0951. The molecule has 2 aromatic carbocycles. The van der Waals surface area contributed by atoms with Crippen molar-refractivity contribution in [3.05, 3.63) is 81.9 Å². The van der Waals surface area contributed by atoms with Gasteiger partial charge in [0.2, 0.25) is 5.88 Å². The number of imidazole rings is 1. The third-order valence-electron chi connectivity index (χ3n) is 4.85. The molecule has 0 atom stereocenters. The number of ether oxygens (including phenoxy) is 1. The van der Waals surface area contributed by atoms with Crippen LogP contribution in [-0.2, 0) is 13.6 Å². The number of pyridine rings is 1. The number of nitrogens with zero attached hydrogens (tertiary/aromatic N) is 2. The lowest BCUT2D eigenvalue weighted by atomic mass is 10.2. The van der Waals surface area contributed by atoms with E-state index in [9.17, 15) is 9.59 Å². The standard InChI is InChI=1S/C22H20N6O3/c1-28-19-6-3-14(9-18(19)27-22(28)30)21(29)26-12-13-2-7-20(25-11-13)31-16-4-5-17(24)15(8-16)10-23/h2-11,23H,12,24H2,1H3,(H,26,29)(H,27,30). The Morgan fingerprint density at radius 1 is 1.26 bits per heavy atom. The summed E-state index contributed by atoms with van der Waals surface area (Å²) >= 11 is 0. The fraction of sp³-hybridized carbons (Fsp3) is 0.0909. The number of amides is 1. The van der Waals surface area contributed by atoms with Crippen LogP contribution >= 0.6 is 0 Å². The summed E-state index contributed by atoms with van der Waals surface area (Å²) in [5.74, 6) is 0.651. The number of hydrogen-bond acceptors (Lipinski definition) is 6. The van der Waals surface area contributed by atoms with Crippen molar-refractivity contribution >= 4 is 28.8 Å².